The standard InChI is InChI=1S/C12H20N4.C9H11N.C2H6/c1-3-10-11(4-2)16-12(15-10)9-14-8-6-5-7-13;1-2-6-9-8(4-1)5-3-7-10-9;1-2/h3-4,14H,1-2,5-9,13H2,(H,15,16);3,5,7H,1-2,4,6H2;1-2H3. The van der Waals surface area contributed by atoms with Crippen LogP contribution in [0.3, 0.4) is 0 Å². The molecule has 0 amide bonds. The van der Waals surface area contributed by atoms with Gasteiger partial charge in [0.1, 0.15) is 5.82 Å². The van der Waals surface area contributed by atoms with Gasteiger partial charge in [-0.2, -0.15) is 0 Å². The summed E-state index contributed by atoms with van der Waals surface area (Å²) in [5, 5.41) is 3.31. The molecule has 0 radical (unpaired) electrons. The fourth-order valence-corrected chi connectivity index (χ4v) is 2.98. The lowest BCUT2D eigenvalue weighted by atomic mass is 9.96. The van der Waals surface area contributed by atoms with E-state index >= 15 is 0 Å². The van der Waals surface area contributed by atoms with E-state index in [1.807, 2.05) is 26.1 Å². The molecule has 4 N–H and O–H groups in total. The van der Waals surface area contributed by atoms with Gasteiger partial charge in [-0.25, -0.2) is 4.98 Å². The minimum absolute atomic E-state index is 0.735. The Bertz CT molecular complexity index is 640. The van der Waals surface area contributed by atoms with Gasteiger partial charge < -0.3 is 16.0 Å². The molecule has 0 bridgehead atoms. The number of unbranched alkanes of at least 4 members (excludes halogenated alkanes) is 1. The average molecular weight is 384 g/mol. The molecule has 1 aliphatic carbocycles. The minimum atomic E-state index is 0.735. The monoisotopic (exact) mass is 383 g/mol. The van der Waals surface area contributed by atoms with Crippen LogP contribution in [-0.4, -0.2) is 28.0 Å². The van der Waals surface area contributed by atoms with Crippen LogP contribution in [0.15, 0.2) is 31.5 Å². The largest absolute Gasteiger partial charge is 0.341 e. The molecule has 2 heterocycles. The zero-order chi connectivity index (χ0) is 20.6. The van der Waals surface area contributed by atoms with Gasteiger partial charge in [-0.15, -0.1) is 0 Å². The lowest BCUT2D eigenvalue weighted by Crippen LogP contribution is -2.16. The quantitative estimate of drug-likeness (QED) is 0.586. The van der Waals surface area contributed by atoms with Gasteiger partial charge in [0.25, 0.3) is 0 Å². The van der Waals surface area contributed by atoms with E-state index in [0.717, 1.165) is 49.7 Å². The second kappa shape index (κ2) is 14.8. The van der Waals surface area contributed by atoms with Crippen molar-refractivity contribution in [2.24, 2.45) is 5.73 Å². The molecule has 2 aromatic rings. The van der Waals surface area contributed by atoms with Crippen LogP contribution in [0.1, 0.15) is 68.0 Å². The first kappa shape index (κ1) is 23.8. The number of hydrogen-bond donors (Lipinski definition) is 3. The fourth-order valence-electron chi connectivity index (χ4n) is 2.98. The van der Waals surface area contributed by atoms with E-state index in [2.05, 4.69) is 39.5 Å². The molecule has 0 fully saturated rings. The predicted molar refractivity (Wildman–Crippen MR) is 121 cm³/mol. The second-order valence-electron chi connectivity index (χ2n) is 6.38. The van der Waals surface area contributed by atoms with E-state index in [-0.39, 0.29) is 0 Å². The molecule has 154 valence electrons. The van der Waals surface area contributed by atoms with Crippen LogP contribution in [0.5, 0.6) is 0 Å². The van der Waals surface area contributed by atoms with Gasteiger partial charge in [-0.3, -0.25) is 4.98 Å². The van der Waals surface area contributed by atoms with Crippen molar-refractivity contribution in [3.63, 3.8) is 0 Å². The first-order valence-electron chi connectivity index (χ1n) is 10.5. The van der Waals surface area contributed by atoms with Crippen molar-refractivity contribution in [1.29, 1.82) is 0 Å². The summed E-state index contributed by atoms with van der Waals surface area (Å²) in [4.78, 5) is 11.9. The number of H-pyrrole nitrogens is 1. The summed E-state index contributed by atoms with van der Waals surface area (Å²) in [6.45, 7) is 13.9. The third-order valence-corrected chi connectivity index (χ3v) is 4.40. The summed E-state index contributed by atoms with van der Waals surface area (Å²) >= 11 is 0. The molecule has 0 atom stereocenters. The first-order valence-corrected chi connectivity index (χ1v) is 10.5. The third kappa shape index (κ3) is 8.19. The lowest BCUT2D eigenvalue weighted by molar-refractivity contribution is 0.614. The molecule has 3 rings (SSSR count). The Morgan fingerprint density at radius 2 is 1.96 bits per heavy atom. The zero-order valence-corrected chi connectivity index (χ0v) is 17.6. The number of nitrogens with one attached hydrogen (secondary N) is 2. The number of aryl methyl sites for hydroxylation is 2. The van der Waals surface area contributed by atoms with Crippen LogP contribution in [0.2, 0.25) is 0 Å². The molecule has 0 saturated carbocycles. The maximum atomic E-state index is 5.41. The van der Waals surface area contributed by atoms with Crippen molar-refractivity contribution < 1.29 is 0 Å². The van der Waals surface area contributed by atoms with Crippen LogP contribution in [-0.2, 0) is 19.4 Å². The maximum absolute atomic E-state index is 5.41. The summed E-state index contributed by atoms with van der Waals surface area (Å²) in [6, 6.07) is 4.23. The molecule has 2 aromatic heterocycles. The average Bonchev–Trinajstić information content (AvgIpc) is 3.18. The summed E-state index contributed by atoms with van der Waals surface area (Å²) < 4.78 is 0. The molecule has 0 unspecified atom stereocenters. The Morgan fingerprint density at radius 1 is 1.18 bits per heavy atom. The SMILES string of the molecule is C=Cc1nc(CNCCCCN)[nH]c1C=C.CC.c1cnc2c(c1)CCCC2. The number of fused-ring (bicyclic) bond motifs is 1. The third-order valence-electron chi connectivity index (χ3n) is 4.40. The number of aromatic nitrogens is 3. The number of imidazole rings is 1. The van der Waals surface area contributed by atoms with Crippen LogP contribution >= 0.6 is 0 Å². The Balaban J connectivity index is 0.000000278. The summed E-state index contributed by atoms with van der Waals surface area (Å²) in [5.41, 5.74) is 9.99. The minimum Gasteiger partial charge on any atom is -0.341 e. The van der Waals surface area contributed by atoms with E-state index in [0.29, 0.717) is 0 Å². The van der Waals surface area contributed by atoms with Crippen molar-refractivity contribution in [1.82, 2.24) is 20.3 Å². The highest BCUT2D eigenvalue weighted by Gasteiger charge is 2.07. The molecule has 1 aliphatic rings. The van der Waals surface area contributed by atoms with E-state index < -0.39 is 0 Å². The van der Waals surface area contributed by atoms with Gasteiger partial charge >= 0.3 is 0 Å². The van der Waals surface area contributed by atoms with Crippen molar-refractivity contribution in [3.8, 4) is 0 Å². The summed E-state index contributed by atoms with van der Waals surface area (Å²) in [7, 11) is 0. The van der Waals surface area contributed by atoms with Gasteiger partial charge in [-0.05, 0) is 75.4 Å². The van der Waals surface area contributed by atoms with E-state index in [1.165, 1.54) is 36.9 Å². The number of pyridine rings is 1. The Kier molecular flexibility index (Phi) is 12.6. The van der Waals surface area contributed by atoms with Gasteiger partial charge in [0.15, 0.2) is 0 Å². The van der Waals surface area contributed by atoms with E-state index in [1.54, 1.807) is 12.2 Å². The molecular weight excluding hydrogens is 346 g/mol. The molecule has 5 nitrogen and oxygen atoms in total. The van der Waals surface area contributed by atoms with Crippen molar-refractivity contribution in [2.75, 3.05) is 13.1 Å². The molecular formula is C23H37N5. The van der Waals surface area contributed by atoms with Crippen LogP contribution in [0, 0.1) is 0 Å². The van der Waals surface area contributed by atoms with Crippen molar-refractivity contribution in [3.05, 3.63) is 60.0 Å². The zero-order valence-electron chi connectivity index (χ0n) is 17.6. The first-order chi connectivity index (χ1) is 13.8. The second-order valence-corrected chi connectivity index (χ2v) is 6.38. The predicted octanol–water partition coefficient (Wildman–Crippen LogP) is 4.51. The maximum Gasteiger partial charge on any atom is 0.121 e. The molecule has 0 saturated heterocycles. The Morgan fingerprint density at radius 3 is 2.61 bits per heavy atom. The highest BCUT2D eigenvalue weighted by atomic mass is 15.0. The topological polar surface area (TPSA) is 79.6 Å². The van der Waals surface area contributed by atoms with Crippen LogP contribution in [0.25, 0.3) is 12.2 Å². The molecule has 28 heavy (non-hydrogen) atoms. The number of aromatic amines is 1. The number of rotatable bonds is 8. The van der Waals surface area contributed by atoms with E-state index in [9.17, 15) is 0 Å². The Labute approximate surface area is 170 Å². The van der Waals surface area contributed by atoms with Gasteiger partial charge in [0.05, 0.1) is 17.9 Å². The summed E-state index contributed by atoms with van der Waals surface area (Å²) in [5.74, 6) is 0.914. The smallest absolute Gasteiger partial charge is 0.121 e. The molecule has 5 heteroatoms. The van der Waals surface area contributed by atoms with Crippen molar-refractivity contribution >= 4 is 12.2 Å². The molecule has 0 aliphatic heterocycles. The Hall–Kier alpha value is -2.24. The number of hydrogen-bond acceptors (Lipinski definition) is 4. The fraction of sp³-hybridized carbons (Fsp3) is 0.478. The van der Waals surface area contributed by atoms with Gasteiger partial charge in [0, 0.05) is 11.9 Å². The van der Waals surface area contributed by atoms with Gasteiger partial charge in [-0.1, -0.05) is 33.1 Å². The van der Waals surface area contributed by atoms with Crippen LogP contribution in [0.4, 0.5) is 0 Å². The van der Waals surface area contributed by atoms with Gasteiger partial charge in [0.2, 0.25) is 0 Å². The highest BCUT2D eigenvalue weighted by molar-refractivity contribution is 5.57. The van der Waals surface area contributed by atoms with Crippen molar-refractivity contribution in [2.45, 2.75) is 58.9 Å². The normalized spacial score (nSPS) is 12.0. The number of nitrogens with zero attached hydrogens (tertiary/aromatic N) is 2. The molecule has 0 aromatic carbocycles. The molecule has 0 spiro atoms. The lowest BCUT2D eigenvalue weighted by Gasteiger charge is -2.12. The highest BCUT2D eigenvalue weighted by Crippen LogP contribution is 2.17. The number of nitrogens with two attached hydrogens (primary N) is 1. The van der Waals surface area contributed by atoms with Crippen LogP contribution < -0.4 is 11.1 Å². The van der Waals surface area contributed by atoms with E-state index in [4.69, 9.17) is 5.73 Å². The summed E-state index contributed by atoms with van der Waals surface area (Å²) in [6.07, 6.45) is 12.6.